The molecule has 0 saturated carbocycles. The van der Waals surface area contributed by atoms with Gasteiger partial charge in [0.05, 0.1) is 12.7 Å². The summed E-state index contributed by atoms with van der Waals surface area (Å²) < 4.78 is 6.91. The van der Waals surface area contributed by atoms with Crippen LogP contribution in [0.1, 0.15) is 12.5 Å². The summed E-state index contributed by atoms with van der Waals surface area (Å²) >= 11 is 11.7. The van der Waals surface area contributed by atoms with E-state index in [1.54, 1.807) is 0 Å². The highest BCUT2D eigenvalue weighted by Gasteiger charge is 2.25. The van der Waals surface area contributed by atoms with Crippen molar-refractivity contribution in [2.24, 2.45) is 0 Å². The van der Waals surface area contributed by atoms with Gasteiger partial charge in [-0.3, -0.25) is 0 Å². The van der Waals surface area contributed by atoms with E-state index in [9.17, 15) is 0 Å². The number of halogens is 2. The summed E-state index contributed by atoms with van der Waals surface area (Å²) in [6.07, 6.45) is 1.18. The van der Waals surface area contributed by atoms with E-state index in [2.05, 4.69) is 34.2 Å². The lowest BCUT2D eigenvalue weighted by Gasteiger charge is -2.31. The van der Waals surface area contributed by atoms with Crippen LogP contribution >= 0.6 is 39.3 Å². The molecule has 0 bridgehead atoms. The second kappa shape index (κ2) is 7.89. The molecule has 1 aliphatic rings. The molecule has 0 radical (unpaired) electrons. The number of benzene rings is 1. The van der Waals surface area contributed by atoms with Gasteiger partial charge in [0, 0.05) is 27.0 Å². The van der Waals surface area contributed by atoms with Crippen molar-refractivity contribution in [1.82, 2.24) is 5.32 Å². The quantitative estimate of drug-likeness (QED) is 0.859. The minimum absolute atomic E-state index is 0.276. The molecule has 1 aliphatic heterocycles. The molecule has 2 unspecified atom stereocenters. The van der Waals surface area contributed by atoms with Crippen molar-refractivity contribution in [3.8, 4) is 0 Å². The molecule has 2 rings (SSSR count). The average molecular weight is 365 g/mol. The Morgan fingerprint density at radius 3 is 3.05 bits per heavy atom. The van der Waals surface area contributed by atoms with Gasteiger partial charge in [-0.15, -0.1) is 0 Å². The Morgan fingerprint density at radius 1 is 1.58 bits per heavy atom. The fourth-order valence-corrected chi connectivity index (χ4v) is 3.95. The molecule has 1 N–H and O–H groups in total. The van der Waals surface area contributed by atoms with Crippen LogP contribution in [0, 0.1) is 0 Å². The van der Waals surface area contributed by atoms with Gasteiger partial charge in [0.25, 0.3) is 0 Å². The highest BCUT2D eigenvalue weighted by molar-refractivity contribution is 9.10. The summed E-state index contributed by atoms with van der Waals surface area (Å²) in [5.41, 5.74) is 1.18. The summed E-state index contributed by atoms with van der Waals surface area (Å²) in [6.45, 7) is 3.93. The molecule has 2 atom stereocenters. The number of rotatable bonds is 5. The first-order chi connectivity index (χ1) is 9.20. The fourth-order valence-electron chi connectivity index (χ4n) is 2.26. The maximum Gasteiger partial charge on any atom is 0.0821 e. The first-order valence-corrected chi connectivity index (χ1v) is 8.90. The lowest BCUT2D eigenvalue weighted by atomic mass is 10.0. The molecule has 0 aliphatic carbocycles. The van der Waals surface area contributed by atoms with E-state index < -0.39 is 0 Å². The summed E-state index contributed by atoms with van der Waals surface area (Å²) in [5, 5.41) is 4.35. The topological polar surface area (TPSA) is 21.3 Å². The van der Waals surface area contributed by atoms with Crippen LogP contribution in [0.5, 0.6) is 0 Å². The molecule has 0 amide bonds. The third kappa shape index (κ3) is 4.64. The third-order valence-corrected chi connectivity index (χ3v) is 5.08. The van der Waals surface area contributed by atoms with E-state index in [4.69, 9.17) is 16.3 Å². The SMILES string of the molecule is CCNC(Cc1ccc(Br)cc1Cl)C1CSCCO1. The van der Waals surface area contributed by atoms with Crippen molar-refractivity contribution in [3.63, 3.8) is 0 Å². The zero-order valence-corrected chi connectivity index (χ0v) is 14.2. The summed E-state index contributed by atoms with van der Waals surface area (Å²) in [4.78, 5) is 0. The molecule has 5 heteroatoms. The standard InChI is InChI=1S/C14H19BrClNOS/c1-2-17-13(14-9-19-6-5-18-14)7-10-3-4-11(15)8-12(10)16/h3-4,8,13-14,17H,2,5-7,9H2,1H3. The molecule has 1 aromatic rings. The zero-order valence-electron chi connectivity index (χ0n) is 11.0. The average Bonchev–Trinajstić information content (AvgIpc) is 2.42. The molecule has 1 saturated heterocycles. The molecule has 106 valence electrons. The van der Waals surface area contributed by atoms with Crippen molar-refractivity contribution in [3.05, 3.63) is 33.3 Å². The molecule has 0 spiro atoms. The van der Waals surface area contributed by atoms with Crippen LogP contribution in [0.4, 0.5) is 0 Å². The van der Waals surface area contributed by atoms with Gasteiger partial charge >= 0.3 is 0 Å². The molecule has 0 aromatic heterocycles. The molecule has 1 aromatic carbocycles. The van der Waals surface area contributed by atoms with Crippen molar-refractivity contribution < 1.29 is 4.74 Å². The lowest BCUT2D eigenvalue weighted by molar-refractivity contribution is 0.0476. The molecule has 2 nitrogen and oxygen atoms in total. The Labute approximate surface area is 132 Å². The third-order valence-electron chi connectivity index (χ3n) is 3.21. The van der Waals surface area contributed by atoms with Crippen LogP contribution in [0.15, 0.2) is 22.7 Å². The molecule has 1 fully saturated rings. The Kier molecular flexibility index (Phi) is 6.50. The monoisotopic (exact) mass is 363 g/mol. The number of hydrogen-bond acceptors (Lipinski definition) is 3. The highest BCUT2D eigenvalue weighted by atomic mass is 79.9. The van der Waals surface area contributed by atoms with Crippen LogP contribution < -0.4 is 5.32 Å². The van der Waals surface area contributed by atoms with Crippen molar-refractivity contribution in [2.45, 2.75) is 25.5 Å². The van der Waals surface area contributed by atoms with Gasteiger partial charge in [0.2, 0.25) is 0 Å². The fraction of sp³-hybridized carbons (Fsp3) is 0.571. The highest BCUT2D eigenvalue weighted by Crippen LogP contribution is 2.25. The maximum atomic E-state index is 6.31. The van der Waals surface area contributed by atoms with Gasteiger partial charge < -0.3 is 10.1 Å². The number of hydrogen-bond donors (Lipinski definition) is 1. The first kappa shape index (κ1) is 15.6. The van der Waals surface area contributed by atoms with E-state index in [1.807, 2.05) is 23.9 Å². The van der Waals surface area contributed by atoms with Gasteiger partial charge in [-0.25, -0.2) is 0 Å². The molecular weight excluding hydrogens is 346 g/mol. The summed E-state index contributed by atoms with van der Waals surface area (Å²) in [5.74, 6) is 2.17. The predicted molar refractivity (Wildman–Crippen MR) is 87.4 cm³/mol. The van der Waals surface area contributed by atoms with E-state index in [-0.39, 0.29) is 6.10 Å². The largest absolute Gasteiger partial charge is 0.375 e. The van der Waals surface area contributed by atoms with E-state index >= 15 is 0 Å². The predicted octanol–water partition coefficient (Wildman–Crippen LogP) is 3.76. The van der Waals surface area contributed by atoms with Gasteiger partial charge in [0.1, 0.15) is 0 Å². The van der Waals surface area contributed by atoms with Crippen molar-refractivity contribution in [2.75, 3.05) is 24.7 Å². The zero-order chi connectivity index (χ0) is 13.7. The van der Waals surface area contributed by atoms with Gasteiger partial charge in [-0.05, 0) is 30.7 Å². The summed E-state index contributed by atoms with van der Waals surface area (Å²) in [6, 6.07) is 6.42. The van der Waals surface area contributed by atoms with Crippen LogP contribution in [0.25, 0.3) is 0 Å². The second-order valence-corrected chi connectivity index (χ2v) is 7.06. The first-order valence-electron chi connectivity index (χ1n) is 6.57. The van der Waals surface area contributed by atoms with Gasteiger partial charge in [-0.1, -0.05) is 40.5 Å². The van der Waals surface area contributed by atoms with Crippen molar-refractivity contribution >= 4 is 39.3 Å². The lowest BCUT2D eigenvalue weighted by Crippen LogP contribution is -2.46. The Hall–Kier alpha value is 0.260. The minimum atomic E-state index is 0.276. The smallest absolute Gasteiger partial charge is 0.0821 e. The van der Waals surface area contributed by atoms with Crippen LogP contribution in [-0.4, -0.2) is 36.8 Å². The normalized spacial score (nSPS) is 21.3. The number of thioether (sulfide) groups is 1. The number of likely N-dealkylation sites (N-methyl/N-ethyl adjacent to an activating group) is 1. The van der Waals surface area contributed by atoms with Crippen LogP contribution in [-0.2, 0) is 11.2 Å². The Balaban J connectivity index is 2.06. The molecule has 1 heterocycles. The molecular formula is C14H19BrClNOS. The van der Waals surface area contributed by atoms with Crippen molar-refractivity contribution in [1.29, 1.82) is 0 Å². The van der Waals surface area contributed by atoms with E-state index in [0.717, 1.165) is 40.6 Å². The molecule has 19 heavy (non-hydrogen) atoms. The van der Waals surface area contributed by atoms with Crippen LogP contribution in [0.3, 0.4) is 0 Å². The maximum absolute atomic E-state index is 6.31. The Morgan fingerprint density at radius 2 is 2.42 bits per heavy atom. The second-order valence-electron chi connectivity index (χ2n) is 4.59. The van der Waals surface area contributed by atoms with Crippen LogP contribution in [0.2, 0.25) is 5.02 Å². The number of nitrogens with one attached hydrogen (secondary N) is 1. The van der Waals surface area contributed by atoms with E-state index in [1.165, 1.54) is 5.56 Å². The van der Waals surface area contributed by atoms with Gasteiger partial charge in [0.15, 0.2) is 0 Å². The minimum Gasteiger partial charge on any atom is -0.375 e. The summed E-state index contributed by atoms with van der Waals surface area (Å²) in [7, 11) is 0. The number of ether oxygens (including phenoxy) is 1. The van der Waals surface area contributed by atoms with Gasteiger partial charge in [-0.2, -0.15) is 11.8 Å². The Bertz CT molecular complexity index is 412. The van der Waals surface area contributed by atoms with E-state index in [0.29, 0.717) is 6.04 Å².